The fraction of sp³-hybridized carbons (Fsp3) is 0.833. The molecule has 2 unspecified atom stereocenters. The van der Waals surface area contributed by atoms with E-state index in [1.54, 1.807) is 32.9 Å². The van der Waals surface area contributed by atoms with Gasteiger partial charge in [0.05, 0.1) is 36.9 Å². The number of carbonyl (C=O) groups is 2. The highest BCUT2D eigenvalue weighted by Crippen LogP contribution is 2.39. The molecule has 14 heteroatoms. The van der Waals surface area contributed by atoms with Crippen molar-refractivity contribution < 1.29 is 67.9 Å². The van der Waals surface area contributed by atoms with Gasteiger partial charge >= 0.3 is 5.97 Å². The third kappa shape index (κ3) is 9.32. The minimum Gasteiger partial charge on any atom is -0.483 e. The van der Waals surface area contributed by atoms with Gasteiger partial charge in [0.1, 0.15) is 47.7 Å². The van der Waals surface area contributed by atoms with Crippen LogP contribution in [0.5, 0.6) is 0 Å². The standard InChI is InChI=1S/C36H58O14/c1-17-10-13-27(39)47-21(5)24(16-45-34-32(44-9)31(43-8)28(40)22(6)48-34)30-26(49-30)12-11-25(38)18(2)14-19(3)29(17)50-35-33(41)36(42,23(7)37)15-20(4)46-35/h10,12-13,17-24,28-35,37,40-42H,11,14-16H2,1-9H3/t17-,18+,19-,20+,21+,22+,23-,24?,28+,29+,30?,31+,32+,33-,34+,35-,36-/m0/s1. The third-order valence-corrected chi connectivity index (χ3v) is 10.7. The molecule has 4 aliphatic rings. The number of carbonyl (C=O) groups excluding carboxylic acids is 2. The monoisotopic (exact) mass is 714 g/mol. The highest BCUT2D eigenvalue weighted by molar-refractivity contribution is 5.82. The summed E-state index contributed by atoms with van der Waals surface area (Å²) in [6, 6.07) is 0. The number of fused-ring (bicyclic) bond motifs is 1. The van der Waals surface area contributed by atoms with Crippen molar-refractivity contribution in [3.63, 3.8) is 0 Å². The van der Waals surface area contributed by atoms with Crippen molar-refractivity contribution >= 4 is 11.8 Å². The number of aliphatic hydroxyl groups excluding tert-OH is 3. The summed E-state index contributed by atoms with van der Waals surface area (Å²) >= 11 is 0. The lowest BCUT2D eigenvalue weighted by Crippen LogP contribution is -2.63. The maximum atomic E-state index is 13.3. The molecule has 4 heterocycles. The number of aliphatic hydroxyl groups is 4. The first kappa shape index (κ1) is 40.8. The van der Waals surface area contributed by atoms with Crippen LogP contribution in [0.15, 0.2) is 24.0 Å². The largest absolute Gasteiger partial charge is 0.483 e. The van der Waals surface area contributed by atoms with Crippen molar-refractivity contribution in [2.75, 3.05) is 20.8 Å². The van der Waals surface area contributed by atoms with E-state index in [4.69, 9.17) is 37.9 Å². The predicted octanol–water partition coefficient (Wildman–Crippen LogP) is 1.79. The number of cyclic esters (lactones) is 1. The first-order chi connectivity index (χ1) is 23.5. The molecule has 0 aromatic heterocycles. The van der Waals surface area contributed by atoms with Crippen LogP contribution in [0.25, 0.3) is 0 Å². The number of methoxy groups -OCH3 is 2. The molecule has 14 nitrogen and oxygen atoms in total. The first-order valence-corrected chi connectivity index (χ1v) is 17.7. The van der Waals surface area contributed by atoms with Crippen LogP contribution in [0.1, 0.15) is 67.7 Å². The molecule has 0 aliphatic carbocycles. The lowest BCUT2D eigenvalue weighted by atomic mass is 9.82. The van der Waals surface area contributed by atoms with Crippen molar-refractivity contribution in [1.82, 2.24) is 0 Å². The molecule has 4 N–H and O–H groups in total. The Morgan fingerprint density at radius 1 is 0.940 bits per heavy atom. The van der Waals surface area contributed by atoms with Crippen LogP contribution in [-0.4, -0.2) is 132 Å². The van der Waals surface area contributed by atoms with Crippen LogP contribution in [0.3, 0.4) is 0 Å². The number of hydrogen-bond acceptors (Lipinski definition) is 14. The van der Waals surface area contributed by atoms with Crippen molar-refractivity contribution in [3.8, 4) is 0 Å². The summed E-state index contributed by atoms with van der Waals surface area (Å²) in [5.41, 5.74) is -1.85. The number of hydrogen-bond donors (Lipinski definition) is 4. The van der Waals surface area contributed by atoms with E-state index in [9.17, 15) is 30.0 Å². The predicted molar refractivity (Wildman–Crippen MR) is 177 cm³/mol. The van der Waals surface area contributed by atoms with Gasteiger partial charge in [0.25, 0.3) is 0 Å². The van der Waals surface area contributed by atoms with Crippen molar-refractivity contribution in [2.45, 2.75) is 147 Å². The van der Waals surface area contributed by atoms with E-state index in [1.807, 2.05) is 20.8 Å². The molecule has 50 heavy (non-hydrogen) atoms. The van der Waals surface area contributed by atoms with E-state index in [0.29, 0.717) is 12.2 Å². The van der Waals surface area contributed by atoms with Crippen molar-refractivity contribution in [3.05, 3.63) is 24.0 Å². The van der Waals surface area contributed by atoms with Crippen LogP contribution in [0.4, 0.5) is 0 Å². The van der Waals surface area contributed by atoms with E-state index in [0.717, 1.165) is 0 Å². The van der Waals surface area contributed by atoms with Crippen LogP contribution >= 0.6 is 0 Å². The molecule has 0 aromatic carbocycles. The molecule has 0 amide bonds. The summed E-state index contributed by atoms with van der Waals surface area (Å²) in [6.45, 7) is 12.2. The summed E-state index contributed by atoms with van der Waals surface area (Å²) < 4.78 is 47.1. The summed E-state index contributed by atoms with van der Waals surface area (Å²) in [7, 11) is 2.95. The van der Waals surface area contributed by atoms with Gasteiger partial charge in [-0.05, 0) is 46.1 Å². The Morgan fingerprint density at radius 2 is 1.62 bits per heavy atom. The lowest BCUT2D eigenvalue weighted by molar-refractivity contribution is -0.322. The van der Waals surface area contributed by atoms with Crippen molar-refractivity contribution in [2.24, 2.45) is 23.7 Å². The lowest BCUT2D eigenvalue weighted by Gasteiger charge is -2.47. The highest BCUT2D eigenvalue weighted by atomic mass is 16.7. The molecule has 0 spiro atoms. The number of rotatable bonds is 8. The summed E-state index contributed by atoms with van der Waals surface area (Å²) in [4.78, 5) is 26.5. The van der Waals surface area contributed by atoms with E-state index >= 15 is 0 Å². The Kier molecular flexibility index (Phi) is 14.1. The molecule has 17 atom stereocenters. The zero-order valence-corrected chi connectivity index (χ0v) is 30.7. The van der Waals surface area contributed by atoms with Crippen LogP contribution in [-0.2, 0) is 47.5 Å². The second kappa shape index (κ2) is 17.2. The minimum absolute atomic E-state index is 0.00247. The van der Waals surface area contributed by atoms with Crippen LogP contribution in [0.2, 0.25) is 0 Å². The third-order valence-electron chi connectivity index (χ3n) is 10.7. The molecule has 3 saturated heterocycles. The molecular weight excluding hydrogens is 656 g/mol. The van der Waals surface area contributed by atoms with Gasteiger partial charge in [0.15, 0.2) is 18.7 Å². The van der Waals surface area contributed by atoms with Crippen LogP contribution in [0, 0.1) is 23.7 Å². The number of Topliss-reactive ketones (excluding diaryl/α,β-unsaturated/α-hetero) is 1. The second-order valence-electron chi connectivity index (χ2n) is 14.6. The van der Waals surface area contributed by atoms with Gasteiger partial charge < -0.3 is 58.3 Å². The van der Waals surface area contributed by atoms with E-state index < -0.39 is 97.0 Å². The summed E-state index contributed by atoms with van der Waals surface area (Å²) in [5.74, 6) is -1.51. The van der Waals surface area contributed by atoms with E-state index in [2.05, 4.69) is 0 Å². The average Bonchev–Trinajstić information content (AvgIpc) is 3.83. The van der Waals surface area contributed by atoms with Crippen LogP contribution < -0.4 is 0 Å². The number of allylic oxidation sites excluding steroid dienone is 1. The molecule has 3 fully saturated rings. The number of esters is 1. The Balaban J connectivity index is 1.54. The van der Waals surface area contributed by atoms with Gasteiger partial charge in [0, 0.05) is 45.0 Å². The Hall–Kier alpha value is -1.98. The SMILES string of the molecule is CO[C@@H]1[C@H](O)[C@@H](C)O[C@@H](OCC2C3OC3=CCC(=O)[C@H](C)C[C@H](C)[C@H](O[C@@H]3O[C@H](C)C[C@](O)([C@H](C)O)[C@H]3O)[C@@H](C)C=CC(=O)O[C@@H]2C)[C@@H]1OC. The van der Waals surface area contributed by atoms with Gasteiger partial charge in [0.2, 0.25) is 0 Å². The minimum atomic E-state index is -1.85. The Bertz CT molecular complexity index is 1210. The highest BCUT2D eigenvalue weighted by Gasteiger charge is 2.52. The number of epoxide rings is 1. The molecule has 4 aliphatic heterocycles. The Morgan fingerprint density at radius 3 is 2.26 bits per heavy atom. The van der Waals surface area contributed by atoms with Gasteiger partial charge in [-0.2, -0.15) is 0 Å². The quantitative estimate of drug-likeness (QED) is 0.210. The first-order valence-electron chi connectivity index (χ1n) is 17.7. The molecule has 0 radical (unpaired) electrons. The fourth-order valence-corrected chi connectivity index (χ4v) is 7.39. The molecule has 4 rings (SSSR count). The zero-order valence-electron chi connectivity index (χ0n) is 30.7. The number of ether oxygens (including phenoxy) is 8. The van der Waals surface area contributed by atoms with Crippen molar-refractivity contribution in [1.29, 1.82) is 0 Å². The zero-order chi connectivity index (χ0) is 37.1. The smallest absolute Gasteiger partial charge is 0.330 e. The van der Waals surface area contributed by atoms with Gasteiger partial charge in [-0.25, -0.2) is 4.79 Å². The van der Waals surface area contributed by atoms with Gasteiger partial charge in [-0.1, -0.05) is 26.8 Å². The van der Waals surface area contributed by atoms with Gasteiger partial charge in [-0.15, -0.1) is 0 Å². The maximum absolute atomic E-state index is 13.3. The second-order valence-corrected chi connectivity index (χ2v) is 14.6. The molecule has 0 aromatic rings. The fourth-order valence-electron chi connectivity index (χ4n) is 7.39. The Labute approximate surface area is 295 Å². The van der Waals surface area contributed by atoms with E-state index in [-0.39, 0.29) is 37.1 Å². The topological polar surface area (TPSA) is 192 Å². The van der Waals surface area contributed by atoms with E-state index in [1.165, 1.54) is 27.2 Å². The summed E-state index contributed by atoms with van der Waals surface area (Å²) in [5, 5.41) is 43.0. The maximum Gasteiger partial charge on any atom is 0.330 e. The number of ketones is 1. The molecular formula is C36H58O14. The molecule has 0 bridgehead atoms. The summed E-state index contributed by atoms with van der Waals surface area (Å²) in [6.07, 6.45) is -4.90. The average molecular weight is 715 g/mol. The van der Waals surface area contributed by atoms with Gasteiger partial charge in [-0.3, -0.25) is 4.79 Å². The normalized spacial score (nSPS) is 45.5. The molecule has 286 valence electrons. The molecule has 0 saturated carbocycles.